The number of unbranched alkanes of at least 4 members (excludes halogenated alkanes) is 2. The van der Waals surface area contributed by atoms with Gasteiger partial charge in [0.15, 0.2) is 5.78 Å². The summed E-state index contributed by atoms with van der Waals surface area (Å²) in [5.41, 5.74) is 7.44. The largest absolute Gasteiger partial charge is 0.343 e. The van der Waals surface area contributed by atoms with Crippen LogP contribution in [0.5, 0.6) is 0 Å². The van der Waals surface area contributed by atoms with Gasteiger partial charge < -0.3 is 26.6 Å². The topological polar surface area (TPSA) is 176 Å². The van der Waals surface area contributed by atoms with Crippen LogP contribution in [0.1, 0.15) is 89.8 Å². The molecule has 2 heterocycles. The number of rotatable bonds is 21. The lowest BCUT2D eigenvalue weighted by Gasteiger charge is -2.37. The van der Waals surface area contributed by atoms with E-state index in [-0.39, 0.29) is 44.3 Å². The molecule has 0 fully saturated rings. The van der Waals surface area contributed by atoms with E-state index in [2.05, 4.69) is 25.9 Å². The highest BCUT2D eigenvalue weighted by Crippen LogP contribution is 2.26. The molecule has 0 bridgehead atoms. The van der Waals surface area contributed by atoms with Crippen LogP contribution in [0.15, 0.2) is 79.4 Å². The Morgan fingerprint density at radius 3 is 1.85 bits per heavy atom. The van der Waals surface area contributed by atoms with Gasteiger partial charge in [-0.1, -0.05) is 96.3 Å². The first-order chi connectivity index (χ1) is 26.1. The predicted molar refractivity (Wildman–Crippen MR) is 210 cm³/mol. The van der Waals surface area contributed by atoms with Crippen molar-refractivity contribution in [1.29, 1.82) is 0 Å². The van der Waals surface area contributed by atoms with E-state index < -0.39 is 59.0 Å². The molecule has 0 aliphatic carbocycles. The van der Waals surface area contributed by atoms with Crippen molar-refractivity contribution >= 4 is 29.4 Å². The van der Waals surface area contributed by atoms with Crippen LogP contribution in [-0.4, -0.2) is 81.3 Å². The van der Waals surface area contributed by atoms with E-state index in [1.54, 1.807) is 100 Å². The first kappa shape index (κ1) is 44.4. The third-order valence-corrected chi connectivity index (χ3v) is 9.43. The molecule has 0 aliphatic heterocycles. The minimum absolute atomic E-state index is 0.0343. The number of carbonyl (C=O) groups is 5. The third kappa shape index (κ3) is 13.6. The molecule has 3 aromatic rings. The second-order valence-corrected chi connectivity index (χ2v) is 15.1. The van der Waals surface area contributed by atoms with Crippen LogP contribution in [0.2, 0.25) is 0 Å². The third-order valence-electron chi connectivity index (χ3n) is 9.43. The number of hydrogen-bond donors (Lipinski definition) is 4. The Morgan fingerprint density at radius 2 is 1.31 bits per heavy atom. The number of carbonyl (C=O) groups excluding carboxylic acids is 5. The van der Waals surface area contributed by atoms with Crippen molar-refractivity contribution in [3.05, 3.63) is 96.1 Å². The summed E-state index contributed by atoms with van der Waals surface area (Å²) in [7, 11) is 1.36. The molecule has 0 saturated carbocycles. The molecule has 55 heavy (non-hydrogen) atoms. The fraction of sp³-hybridized carbons (Fsp3) is 0.500. The lowest BCUT2D eigenvalue weighted by atomic mass is 9.83. The molecule has 5 atom stereocenters. The number of hydrogen-bond acceptors (Lipinski definition) is 8. The summed E-state index contributed by atoms with van der Waals surface area (Å²) in [5, 5.41) is 7.84. The fourth-order valence-corrected chi connectivity index (χ4v) is 6.15. The normalized spacial score (nSPS) is 14.7. The van der Waals surface area contributed by atoms with Gasteiger partial charge in [-0.05, 0) is 48.1 Å². The number of pyridine rings is 2. The fourth-order valence-electron chi connectivity index (χ4n) is 6.15. The maximum atomic E-state index is 17.3. The van der Waals surface area contributed by atoms with Gasteiger partial charge >= 0.3 is 0 Å². The van der Waals surface area contributed by atoms with Crippen molar-refractivity contribution in [2.45, 2.75) is 122 Å². The van der Waals surface area contributed by atoms with E-state index in [1.807, 2.05) is 13.8 Å². The number of likely N-dealkylation sites (N-methyl/N-ethyl adjacent to an activating group) is 1. The summed E-state index contributed by atoms with van der Waals surface area (Å²) in [6.07, 6.45) is 8.64. The molecule has 0 radical (unpaired) electrons. The van der Waals surface area contributed by atoms with E-state index in [4.69, 9.17) is 5.73 Å². The number of nitrogens with one attached hydrogen (secondary N) is 3. The Hall–Kier alpha value is -5.04. The van der Waals surface area contributed by atoms with Gasteiger partial charge in [-0.3, -0.25) is 33.9 Å². The number of aromatic nitrogens is 2. The number of alkyl halides is 1. The molecule has 0 unspecified atom stereocenters. The summed E-state index contributed by atoms with van der Waals surface area (Å²) < 4.78 is 17.3. The first-order valence-corrected chi connectivity index (χ1v) is 19.1. The van der Waals surface area contributed by atoms with E-state index in [1.165, 1.54) is 7.05 Å². The SMILES string of the molecule is CCCC[C@H](NC(=O)[C@@H](N)Cc1cccnc1)C(=O)N[C@@H](Cc1ccccc1)C(=O)N[C@@](F)(CCCC)C(=O)N(C)[C@@H](Cc1cccnc1)C(=O)C(C)(C)C. The van der Waals surface area contributed by atoms with Gasteiger partial charge in [0.2, 0.25) is 17.7 Å². The second-order valence-electron chi connectivity index (χ2n) is 15.1. The zero-order valence-corrected chi connectivity index (χ0v) is 33.0. The van der Waals surface area contributed by atoms with Crippen molar-refractivity contribution in [2.24, 2.45) is 11.1 Å². The maximum absolute atomic E-state index is 17.3. The Kier molecular flexibility index (Phi) is 17.1. The molecule has 4 amide bonds. The van der Waals surface area contributed by atoms with Gasteiger partial charge in [-0.2, -0.15) is 0 Å². The van der Waals surface area contributed by atoms with E-state index in [0.717, 1.165) is 16.9 Å². The average molecular weight is 760 g/mol. The van der Waals surface area contributed by atoms with Crippen LogP contribution >= 0.6 is 0 Å². The van der Waals surface area contributed by atoms with Gasteiger partial charge in [0.1, 0.15) is 12.1 Å². The van der Waals surface area contributed by atoms with Gasteiger partial charge in [0, 0.05) is 56.5 Å². The zero-order chi connectivity index (χ0) is 40.6. The zero-order valence-electron chi connectivity index (χ0n) is 33.0. The van der Waals surface area contributed by atoms with Crippen LogP contribution in [0, 0.1) is 5.41 Å². The molecule has 0 aliphatic rings. The van der Waals surface area contributed by atoms with Crippen molar-refractivity contribution in [1.82, 2.24) is 30.8 Å². The Labute approximate surface area is 324 Å². The summed E-state index contributed by atoms with van der Waals surface area (Å²) >= 11 is 0. The number of ketones is 1. The summed E-state index contributed by atoms with van der Waals surface area (Å²) in [4.78, 5) is 78.6. The van der Waals surface area contributed by atoms with Crippen molar-refractivity contribution in [3.63, 3.8) is 0 Å². The highest BCUT2D eigenvalue weighted by Gasteiger charge is 2.46. The maximum Gasteiger partial charge on any atom is 0.281 e. The molecule has 2 aromatic heterocycles. The van der Waals surface area contributed by atoms with Crippen LogP contribution in [0.25, 0.3) is 0 Å². The lowest BCUT2D eigenvalue weighted by Crippen LogP contribution is -2.63. The second kappa shape index (κ2) is 21.2. The predicted octanol–water partition coefficient (Wildman–Crippen LogP) is 4.41. The first-order valence-electron chi connectivity index (χ1n) is 19.1. The molecular formula is C42H58FN7O5. The monoisotopic (exact) mass is 759 g/mol. The molecule has 12 nitrogen and oxygen atoms in total. The number of benzene rings is 1. The van der Waals surface area contributed by atoms with Crippen LogP contribution in [-0.2, 0) is 43.2 Å². The molecule has 0 spiro atoms. The number of halogens is 1. The summed E-state index contributed by atoms with van der Waals surface area (Å²) in [6, 6.07) is 11.5. The van der Waals surface area contributed by atoms with Gasteiger partial charge in [-0.25, -0.2) is 4.39 Å². The standard InChI is InChI=1S/C42H58FN7O5/c1-7-9-20-33(47-37(52)32(44)24-30-18-14-22-45-27-30)38(53)48-34(25-29-16-12-11-13-17-29)39(54)49-42(43,21-10-8-2)40(55)50(6)35(36(51)41(3,4)5)26-31-19-15-23-46-28-31/h11-19,22-23,27-28,32-35H,7-10,20-21,24-26,44H2,1-6H3,(H,47,52)(H,48,53)(H,49,54)/t32-,33-,34-,35-,42-/m0/s1. The molecular weight excluding hydrogens is 702 g/mol. The molecule has 5 N–H and O–H groups in total. The van der Waals surface area contributed by atoms with Crippen molar-refractivity contribution in [3.8, 4) is 0 Å². The quantitative estimate of drug-likeness (QED) is 0.116. The smallest absolute Gasteiger partial charge is 0.281 e. The highest BCUT2D eigenvalue weighted by molar-refractivity contribution is 5.98. The van der Waals surface area contributed by atoms with Crippen LogP contribution in [0.3, 0.4) is 0 Å². The highest BCUT2D eigenvalue weighted by atomic mass is 19.1. The number of Topliss-reactive ketones (excluding diaryl/α,β-unsaturated/α-hetero) is 1. The number of nitrogens with two attached hydrogens (primary N) is 1. The minimum atomic E-state index is -2.91. The Bertz CT molecular complexity index is 1690. The van der Waals surface area contributed by atoms with E-state index in [9.17, 15) is 24.0 Å². The van der Waals surface area contributed by atoms with Crippen molar-refractivity contribution in [2.75, 3.05) is 7.05 Å². The Morgan fingerprint density at radius 1 is 0.745 bits per heavy atom. The lowest BCUT2D eigenvalue weighted by molar-refractivity contribution is -0.155. The Balaban J connectivity index is 1.91. The van der Waals surface area contributed by atoms with Gasteiger partial charge in [-0.15, -0.1) is 0 Å². The van der Waals surface area contributed by atoms with Crippen LogP contribution in [0.4, 0.5) is 4.39 Å². The van der Waals surface area contributed by atoms with E-state index >= 15 is 4.39 Å². The average Bonchev–Trinajstić information content (AvgIpc) is 3.17. The van der Waals surface area contributed by atoms with Crippen LogP contribution < -0.4 is 21.7 Å². The van der Waals surface area contributed by atoms with Gasteiger partial charge in [0.05, 0.1) is 12.1 Å². The summed E-state index contributed by atoms with van der Waals surface area (Å²) in [6.45, 7) is 8.96. The molecule has 3 rings (SSSR count). The number of nitrogens with zero attached hydrogens (tertiary/aromatic N) is 3. The minimum Gasteiger partial charge on any atom is -0.343 e. The van der Waals surface area contributed by atoms with Gasteiger partial charge in [0.25, 0.3) is 11.7 Å². The molecule has 298 valence electrons. The molecule has 0 saturated heterocycles. The van der Waals surface area contributed by atoms with Crippen molar-refractivity contribution < 1.29 is 28.4 Å². The van der Waals surface area contributed by atoms with E-state index in [0.29, 0.717) is 24.0 Å². The molecule has 13 heteroatoms. The molecule has 1 aromatic carbocycles. The number of amides is 4. The summed E-state index contributed by atoms with van der Waals surface area (Å²) in [5.74, 6) is -6.42.